The zero-order valence-electron chi connectivity index (χ0n) is 23.7. The second-order valence-corrected chi connectivity index (χ2v) is 10.9. The summed E-state index contributed by atoms with van der Waals surface area (Å²) in [4.78, 5) is 15.0. The highest BCUT2D eigenvalue weighted by atomic mass is 19.1. The van der Waals surface area contributed by atoms with Crippen LogP contribution in [-0.4, -0.2) is 66.6 Å². The minimum absolute atomic E-state index is 0.237. The maximum absolute atomic E-state index is 15.0. The molecule has 0 amide bonds. The van der Waals surface area contributed by atoms with Crippen LogP contribution in [0.3, 0.4) is 0 Å². The summed E-state index contributed by atoms with van der Waals surface area (Å²) in [6.45, 7) is 5.87. The van der Waals surface area contributed by atoms with Crippen LogP contribution >= 0.6 is 0 Å². The number of aliphatic hydroxyl groups excluding tert-OH is 1. The highest BCUT2D eigenvalue weighted by Gasteiger charge is 2.33. The number of aliphatic imine (C=N–C) groups is 1. The third-order valence-electron chi connectivity index (χ3n) is 7.56. The van der Waals surface area contributed by atoms with E-state index in [0.717, 1.165) is 62.0 Å². The van der Waals surface area contributed by atoms with Gasteiger partial charge in [0.05, 0.1) is 11.4 Å². The lowest BCUT2D eigenvalue weighted by Gasteiger charge is -2.37. The first-order valence-corrected chi connectivity index (χ1v) is 14.1. The predicted octanol–water partition coefficient (Wildman–Crippen LogP) is 5.73. The maximum Gasteiger partial charge on any atom is 0.229 e. The number of aromatic nitrogens is 2. The van der Waals surface area contributed by atoms with Crippen molar-refractivity contribution in [3.05, 3.63) is 59.2 Å². The summed E-state index contributed by atoms with van der Waals surface area (Å²) in [5.74, 6) is 2.11. The molecule has 0 spiro atoms. The molecule has 2 aliphatic heterocycles. The normalized spacial score (nSPS) is 17.2. The molecule has 1 saturated heterocycles. The van der Waals surface area contributed by atoms with E-state index in [1.54, 1.807) is 19.2 Å². The van der Waals surface area contributed by atoms with Gasteiger partial charge in [0.25, 0.3) is 0 Å². The Hall–Kier alpha value is -3.53. The van der Waals surface area contributed by atoms with Crippen molar-refractivity contribution in [1.82, 2.24) is 15.0 Å². The molecule has 3 heterocycles. The number of halogens is 2. The van der Waals surface area contributed by atoms with Crippen molar-refractivity contribution in [2.45, 2.75) is 57.8 Å². The second kappa shape index (κ2) is 11.9. The quantitative estimate of drug-likeness (QED) is 0.405. The molecule has 214 valence electrons. The number of likely N-dealkylation sites (tertiary alicyclic amines) is 1. The molecule has 1 aromatic heterocycles. The molecule has 10 heteroatoms. The molecule has 1 saturated carbocycles. The predicted molar refractivity (Wildman–Crippen MR) is 153 cm³/mol. The van der Waals surface area contributed by atoms with Gasteiger partial charge in [-0.1, -0.05) is 31.5 Å². The lowest BCUT2D eigenvalue weighted by atomic mass is 9.93. The van der Waals surface area contributed by atoms with Gasteiger partial charge in [0.1, 0.15) is 30.9 Å². The van der Waals surface area contributed by atoms with Crippen LogP contribution in [0.15, 0.2) is 39.8 Å². The Morgan fingerprint density at radius 1 is 1.02 bits per heavy atom. The van der Waals surface area contributed by atoms with Gasteiger partial charge in [-0.2, -0.15) is 4.98 Å². The average Bonchev–Trinajstić information content (AvgIpc) is 3.69. The molecule has 0 radical (unpaired) electrons. The first-order valence-electron chi connectivity index (χ1n) is 14.1. The molecule has 3 aliphatic rings. The summed E-state index contributed by atoms with van der Waals surface area (Å²) in [6.07, 6.45) is 5.23. The minimum atomic E-state index is -0.479. The van der Waals surface area contributed by atoms with E-state index in [1.165, 1.54) is 29.5 Å². The fourth-order valence-electron chi connectivity index (χ4n) is 5.32. The van der Waals surface area contributed by atoms with Crippen LogP contribution in [0.25, 0.3) is 11.1 Å². The van der Waals surface area contributed by atoms with E-state index >= 15 is 0 Å². The van der Waals surface area contributed by atoms with Crippen molar-refractivity contribution < 1.29 is 18.4 Å². The number of piperidine rings is 1. The fraction of sp³-hybridized carbons (Fsp3) is 0.500. The third kappa shape index (κ3) is 5.68. The van der Waals surface area contributed by atoms with Gasteiger partial charge in [-0.15, -0.1) is 0 Å². The molecule has 0 atom stereocenters. The summed E-state index contributed by atoms with van der Waals surface area (Å²) in [5.41, 5.74) is 2.98. The van der Waals surface area contributed by atoms with Gasteiger partial charge in [0.15, 0.2) is 5.82 Å². The van der Waals surface area contributed by atoms with Crippen LogP contribution in [0.1, 0.15) is 75.1 Å². The van der Waals surface area contributed by atoms with Gasteiger partial charge >= 0.3 is 0 Å². The Bertz CT molecular complexity index is 1360. The molecule has 0 bridgehead atoms. The number of hydrogen-bond acceptors (Lipinski definition) is 8. The number of amidine groups is 1. The van der Waals surface area contributed by atoms with Gasteiger partial charge in [-0.25, -0.2) is 13.8 Å². The van der Waals surface area contributed by atoms with E-state index in [1.807, 2.05) is 11.9 Å². The monoisotopic (exact) mass is 552 g/mol. The average molecular weight is 553 g/mol. The number of aliphatic hydroxyl groups is 1. The third-order valence-corrected chi connectivity index (χ3v) is 7.56. The molecule has 8 nitrogen and oxygen atoms in total. The highest BCUT2D eigenvalue weighted by molar-refractivity contribution is 6.08. The van der Waals surface area contributed by atoms with Crippen LogP contribution < -0.4 is 9.80 Å². The van der Waals surface area contributed by atoms with E-state index in [9.17, 15) is 13.9 Å². The minimum Gasteiger partial charge on any atom is -0.376 e. The van der Waals surface area contributed by atoms with Crippen molar-refractivity contribution in [3.63, 3.8) is 0 Å². The van der Waals surface area contributed by atoms with Crippen LogP contribution in [-0.2, 0) is 0 Å². The molecule has 2 fully saturated rings. The first-order chi connectivity index (χ1) is 19.3. The number of rotatable bonds is 5. The van der Waals surface area contributed by atoms with Gasteiger partial charge in [0, 0.05) is 50.1 Å². The van der Waals surface area contributed by atoms with E-state index in [-0.39, 0.29) is 18.3 Å². The fourth-order valence-corrected chi connectivity index (χ4v) is 5.32. The number of anilines is 2. The van der Waals surface area contributed by atoms with Crippen LogP contribution in [0, 0.1) is 11.6 Å². The molecular weight excluding hydrogens is 514 g/mol. The molecule has 1 aliphatic carbocycles. The van der Waals surface area contributed by atoms with Crippen molar-refractivity contribution in [3.8, 4) is 11.1 Å². The molecular formula is C30H38F2N6O2. The summed E-state index contributed by atoms with van der Waals surface area (Å²) in [7, 11) is 3.51. The van der Waals surface area contributed by atoms with Crippen molar-refractivity contribution in [2.24, 2.45) is 4.99 Å². The largest absolute Gasteiger partial charge is 0.376 e. The van der Waals surface area contributed by atoms with Crippen molar-refractivity contribution in [2.75, 3.05) is 50.4 Å². The van der Waals surface area contributed by atoms with Crippen LogP contribution in [0.5, 0.6) is 0 Å². The van der Waals surface area contributed by atoms with Crippen LogP contribution in [0.2, 0.25) is 0 Å². The Morgan fingerprint density at radius 3 is 2.38 bits per heavy atom. The Kier molecular flexibility index (Phi) is 8.35. The number of benzene rings is 2. The maximum atomic E-state index is 15.0. The smallest absolute Gasteiger partial charge is 0.229 e. The number of nitrogens with zero attached hydrogens (tertiary/aromatic N) is 6. The first kappa shape index (κ1) is 28.0. The van der Waals surface area contributed by atoms with Gasteiger partial charge in [0.2, 0.25) is 5.89 Å². The highest BCUT2D eigenvalue weighted by Crippen LogP contribution is 2.41. The molecule has 1 N–H and O–H groups in total. The summed E-state index contributed by atoms with van der Waals surface area (Å²) in [6, 6.07) is 7.72. The summed E-state index contributed by atoms with van der Waals surface area (Å²) >= 11 is 0. The Balaban J connectivity index is 0.00000103. The Morgan fingerprint density at radius 2 is 1.73 bits per heavy atom. The lowest BCUT2D eigenvalue weighted by molar-refractivity contribution is 0.297. The summed E-state index contributed by atoms with van der Waals surface area (Å²) in [5, 5.41) is 13.6. The van der Waals surface area contributed by atoms with E-state index in [2.05, 4.69) is 28.9 Å². The standard InChI is InChI=1S/C27H30F2N6O2.C3H8/c1-33-14-30-26(35-9-7-16(8-10-35)25-31-27(37-32-25)17-3-4-17)21-13-19(28)12-20(24(21)33)18-5-6-23(22(29)11-18)34(2)15-36;1-3-2/h5-6,11-13,16-17,36H,3-4,7-10,14-15H2,1-2H3;3H2,1-2H3. The zero-order chi connectivity index (χ0) is 28.4. The lowest BCUT2D eigenvalue weighted by Crippen LogP contribution is -2.42. The van der Waals surface area contributed by atoms with E-state index in [0.29, 0.717) is 29.3 Å². The zero-order valence-corrected chi connectivity index (χ0v) is 23.7. The molecule has 0 unspecified atom stereocenters. The number of fused-ring (bicyclic) bond motifs is 1. The van der Waals surface area contributed by atoms with E-state index in [4.69, 9.17) is 9.52 Å². The van der Waals surface area contributed by atoms with Crippen molar-refractivity contribution >= 4 is 17.2 Å². The molecule has 2 aromatic carbocycles. The molecule has 6 rings (SSSR count). The van der Waals surface area contributed by atoms with Crippen LogP contribution in [0.4, 0.5) is 20.2 Å². The van der Waals surface area contributed by atoms with Crippen molar-refractivity contribution in [1.29, 1.82) is 0 Å². The van der Waals surface area contributed by atoms with E-state index < -0.39 is 11.6 Å². The second-order valence-electron chi connectivity index (χ2n) is 10.9. The topological polar surface area (TPSA) is 81.2 Å². The SMILES string of the molecule is CCC.CN(CO)c1ccc(-c2cc(F)cc3c2N(C)CN=C3N2CCC(c3noc(C4CC4)n3)CC2)cc1F. The molecule has 40 heavy (non-hydrogen) atoms. The van der Waals surface area contributed by atoms with Gasteiger partial charge < -0.3 is 24.3 Å². The van der Waals surface area contributed by atoms with Gasteiger partial charge in [-0.05, 0) is 55.5 Å². The Labute approximate surface area is 234 Å². The molecule has 3 aromatic rings. The summed E-state index contributed by atoms with van der Waals surface area (Å²) < 4.78 is 35.3. The number of hydrogen-bond donors (Lipinski definition) is 1. The van der Waals surface area contributed by atoms with Gasteiger partial charge in [-0.3, -0.25) is 0 Å².